The summed E-state index contributed by atoms with van der Waals surface area (Å²) in [5.41, 5.74) is 0.378. The van der Waals surface area contributed by atoms with Crippen LogP contribution in [0.2, 0.25) is 0 Å². The zero-order valence-electron chi connectivity index (χ0n) is 11.1. The molecule has 0 saturated heterocycles. The fraction of sp³-hybridized carbons (Fsp3) is 0.267. The third kappa shape index (κ3) is 3.33. The summed E-state index contributed by atoms with van der Waals surface area (Å²) in [5.74, 6) is -2.88. The van der Waals surface area contributed by atoms with Crippen LogP contribution in [0.15, 0.2) is 30.5 Å². The van der Waals surface area contributed by atoms with E-state index in [4.69, 9.17) is 4.74 Å². The van der Waals surface area contributed by atoms with Crippen molar-refractivity contribution in [3.8, 4) is 11.6 Å². The van der Waals surface area contributed by atoms with Crippen molar-refractivity contribution in [2.45, 2.75) is 25.4 Å². The Balaban J connectivity index is 1.80. The molecule has 1 fully saturated rings. The number of aromatic nitrogens is 1. The van der Waals surface area contributed by atoms with E-state index < -0.39 is 23.2 Å². The van der Waals surface area contributed by atoms with Crippen molar-refractivity contribution in [1.82, 2.24) is 10.3 Å². The summed E-state index contributed by atoms with van der Waals surface area (Å²) < 4.78 is 45.8. The molecule has 6 heteroatoms. The first-order chi connectivity index (χ1) is 10.1. The number of hydrogen-bond acceptors (Lipinski definition) is 3. The molecule has 1 aromatic carbocycles. The second-order valence-electron chi connectivity index (χ2n) is 4.92. The number of hydrogen-bond donors (Lipinski definition) is 1. The molecule has 1 aliphatic rings. The fourth-order valence-electron chi connectivity index (χ4n) is 1.87. The SMILES string of the molecule is Fc1ccc(F)c(Oc2nccc(CNC3CC3)c2F)c1. The highest BCUT2D eigenvalue weighted by atomic mass is 19.1. The Hall–Kier alpha value is -2.08. The van der Waals surface area contributed by atoms with Gasteiger partial charge in [0.25, 0.3) is 5.88 Å². The molecule has 1 aromatic heterocycles. The minimum absolute atomic E-state index is 0.348. The molecule has 0 bridgehead atoms. The number of nitrogens with zero attached hydrogens (tertiary/aromatic N) is 1. The van der Waals surface area contributed by atoms with E-state index in [0.717, 1.165) is 31.0 Å². The molecule has 1 aliphatic carbocycles. The lowest BCUT2D eigenvalue weighted by molar-refractivity contribution is 0.391. The van der Waals surface area contributed by atoms with Crippen LogP contribution in [-0.4, -0.2) is 11.0 Å². The van der Waals surface area contributed by atoms with Crippen LogP contribution in [0.5, 0.6) is 11.6 Å². The average molecular weight is 294 g/mol. The van der Waals surface area contributed by atoms with Gasteiger partial charge >= 0.3 is 0 Å². The van der Waals surface area contributed by atoms with E-state index in [1.807, 2.05) is 0 Å². The van der Waals surface area contributed by atoms with Crippen molar-refractivity contribution >= 4 is 0 Å². The summed E-state index contributed by atoms with van der Waals surface area (Å²) in [7, 11) is 0. The molecule has 3 rings (SSSR count). The van der Waals surface area contributed by atoms with Crippen molar-refractivity contribution in [1.29, 1.82) is 0 Å². The van der Waals surface area contributed by atoms with Gasteiger partial charge in [0.1, 0.15) is 5.82 Å². The van der Waals surface area contributed by atoms with Crippen molar-refractivity contribution in [2.24, 2.45) is 0 Å². The van der Waals surface area contributed by atoms with E-state index in [-0.39, 0.29) is 5.88 Å². The van der Waals surface area contributed by atoms with E-state index in [2.05, 4.69) is 10.3 Å². The highest BCUT2D eigenvalue weighted by Gasteiger charge is 2.21. The molecule has 0 aliphatic heterocycles. The molecular formula is C15H13F3N2O. The second kappa shape index (κ2) is 5.73. The Morgan fingerprint density at radius 1 is 1.19 bits per heavy atom. The van der Waals surface area contributed by atoms with Gasteiger partial charge in [-0.2, -0.15) is 0 Å². The fourth-order valence-corrected chi connectivity index (χ4v) is 1.87. The number of ether oxygens (including phenoxy) is 1. The lowest BCUT2D eigenvalue weighted by atomic mass is 10.2. The number of pyridine rings is 1. The maximum Gasteiger partial charge on any atom is 0.256 e. The van der Waals surface area contributed by atoms with Crippen LogP contribution in [0.25, 0.3) is 0 Å². The van der Waals surface area contributed by atoms with Crippen LogP contribution in [0.4, 0.5) is 13.2 Å². The smallest absolute Gasteiger partial charge is 0.256 e. The Morgan fingerprint density at radius 3 is 2.76 bits per heavy atom. The summed E-state index contributed by atoms with van der Waals surface area (Å²) in [6, 6.07) is 4.69. The normalized spacial score (nSPS) is 14.2. The summed E-state index contributed by atoms with van der Waals surface area (Å²) >= 11 is 0. The summed E-state index contributed by atoms with van der Waals surface area (Å²) in [6.07, 6.45) is 3.55. The van der Waals surface area contributed by atoms with E-state index in [9.17, 15) is 13.2 Å². The molecule has 0 amide bonds. The van der Waals surface area contributed by atoms with Gasteiger partial charge in [0.2, 0.25) is 0 Å². The van der Waals surface area contributed by atoms with Crippen LogP contribution in [-0.2, 0) is 6.54 Å². The first-order valence-corrected chi connectivity index (χ1v) is 6.63. The van der Waals surface area contributed by atoms with Crippen LogP contribution < -0.4 is 10.1 Å². The van der Waals surface area contributed by atoms with E-state index >= 15 is 0 Å². The van der Waals surface area contributed by atoms with Crippen molar-refractivity contribution in [2.75, 3.05) is 0 Å². The van der Waals surface area contributed by atoms with Gasteiger partial charge in [0, 0.05) is 30.4 Å². The van der Waals surface area contributed by atoms with Crippen LogP contribution >= 0.6 is 0 Å². The summed E-state index contributed by atoms with van der Waals surface area (Å²) in [4.78, 5) is 3.73. The molecule has 110 valence electrons. The Morgan fingerprint density at radius 2 is 2.00 bits per heavy atom. The lowest BCUT2D eigenvalue weighted by Crippen LogP contribution is -2.16. The predicted molar refractivity (Wildman–Crippen MR) is 70.5 cm³/mol. The zero-order chi connectivity index (χ0) is 14.8. The van der Waals surface area contributed by atoms with Crippen LogP contribution in [0, 0.1) is 17.5 Å². The summed E-state index contributed by atoms with van der Waals surface area (Å²) in [6.45, 7) is 0.348. The lowest BCUT2D eigenvalue weighted by Gasteiger charge is -2.10. The van der Waals surface area contributed by atoms with Gasteiger partial charge in [0.15, 0.2) is 17.4 Å². The first kappa shape index (κ1) is 13.9. The van der Waals surface area contributed by atoms with E-state index in [0.29, 0.717) is 18.2 Å². The Kier molecular flexibility index (Phi) is 3.79. The molecule has 1 saturated carbocycles. The topological polar surface area (TPSA) is 34.1 Å². The molecule has 0 radical (unpaired) electrons. The van der Waals surface area contributed by atoms with Gasteiger partial charge in [-0.1, -0.05) is 0 Å². The maximum absolute atomic E-state index is 14.2. The van der Waals surface area contributed by atoms with Gasteiger partial charge in [-0.15, -0.1) is 0 Å². The first-order valence-electron chi connectivity index (χ1n) is 6.63. The molecule has 0 atom stereocenters. The molecule has 1 heterocycles. The molecule has 3 nitrogen and oxygen atoms in total. The maximum atomic E-state index is 14.2. The van der Waals surface area contributed by atoms with E-state index in [1.54, 1.807) is 0 Å². The van der Waals surface area contributed by atoms with Crippen molar-refractivity contribution in [3.63, 3.8) is 0 Å². The van der Waals surface area contributed by atoms with Gasteiger partial charge in [-0.05, 0) is 31.0 Å². The standard InChI is InChI=1S/C15H13F3N2O/c16-10-1-4-12(17)13(7-10)21-15-14(18)9(5-6-19-15)8-20-11-2-3-11/h1,4-7,11,20H,2-3,8H2. The number of benzene rings is 1. The molecule has 0 unspecified atom stereocenters. The molecule has 1 N–H and O–H groups in total. The molecule has 21 heavy (non-hydrogen) atoms. The van der Waals surface area contributed by atoms with Crippen LogP contribution in [0.1, 0.15) is 18.4 Å². The monoisotopic (exact) mass is 294 g/mol. The van der Waals surface area contributed by atoms with Gasteiger partial charge in [-0.25, -0.2) is 18.2 Å². The second-order valence-corrected chi connectivity index (χ2v) is 4.92. The van der Waals surface area contributed by atoms with Crippen LogP contribution in [0.3, 0.4) is 0 Å². The number of nitrogens with one attached hydrogen (secondary N) is 1. The molecule has 0 spiro atoms. The zero-order valence-corrected chi connectivity index (χ0v) is 11.1. The largest absolute Gasteiger partial charge is 0.433 e. The van der Waals surface area contributed by atoms with Crippen molar-refractivity contribution < 1.29 is 17.9 Å². The van der Waals surface area contributed by atoms with Crippen molar-refractivity contribution in [3.05, 3.63) is 53.5 Å². The molecule has 2 aromatic rings. The highest BCUT2D eigenvalue weighted by molar-refractivity contribution is 5.32. The summed E-state index contributed by atoms with van der Waals surface area (Å²) in [5, 5.41) is 3.17. The predicted octanol–water partition coefficient (Wildman–Crippen LogP) is 3.54. The molecular weight excluding hydrogens is 281 g/mol. The third-order valence-corrected chi connectivity index (χ3v) is 3.20. The minimum atomic E-state index is -0.779. The average Bonchev–Trinajstić information content (AvgIpc) is 3.28. The third-order valence-electron chi connectivity index (χ3n) is 3.20. The van der Waals surface area contributed by atoms with Gasteiger partial charge in [-0.3, -0.25) is 0 Å². The highest BCUT2D eigenvalue weighted by Crippen LogP contribution is 2.27. The van der Waals surface area contributed by atoms with Gasteiger partial charge < -0.3 is 10.1 Å². The quantitative estimate of drug-likeness (QED) is 0.916. The Bertz CT molecular complexity index is 659. The minimum Gasteiger partial charge on any atom is -0.433 e. The Labute approximate surface area is 119 Å². The number of rotatable bonds is 5. The number of halogens is 3. The van der Waals surface area contributed by atoms with Gasteiger partial charge in [0.05, 0.1) is 0 Å². The van der Waals surface area contributed by atoms with E-state index in [1.165, 1.54) is 12.3 Å².